The normalized spacial score (nSPS) is 10.5. The average molecular weight is 325 g/mol. The SMILES string of the molecule is CCC(=O)Nc1cccc(CC)c1COc1cc(C)ccc1CC. The number of carbonyl (C=O) groups is 1. The molecule has 0 aliphatic carbocycles. The second-order valence-electron chi connectivity index (χ2n) is 5.95. The number of hydrogen-bond donors (Lipinski definition) is 1. The quantitative estimate of drug-likeness (QED) is 0.774. The molecular weight excluding hydrogens is 298 g/mol. The second kappa shape index (κ2) is 8.53. The third kappa shape index (κ3) is 4.38. The summed E-state index contributed by atoms with van der Waals surface area (Å²) in [5, 5.41) is 2.99. The van der Waals surface area contributed by atoms with E-state index in [1.54, 1.807) is 0 Å². The predicted molar refractivity (Wildman–Crippen MR) is 99.6 cm³/mol. The van der Waals surface area contributed by atoms with Crippen LogP contribution in [0.5, 0.6) is 5.75 Å². The van der Waals surface area contributed by atoms with Crippen LogP contribution < -0.4 is 10.1 Å². The van der Waals surface area contributed by atoms with Crippen LogP contribution >= 0.6 is 0 Å². The van der Waals surface area contributed by atoms with E-state index in [1.165, 1.54) is 16.7 Å². The minimum absolute atomic E-state index is 0.0225. The molecule has 0 saturated heterocycles. The van der Waals surface area contributed by atoms with Gasteiger partial charge in [-0.2, -0.15) is 0 Å². The molecule has 0 aromatic heterocycles. The Labute approximate surface area is 145 Å². The Morgan fingerprint density at radius 3 is 2.46 bits per heavy atom. The zero-order valence-electron chi connectivity index (χ0n) is 15.1. The van der Waals surface area contributed by atoms with Gasteiger partial charge in [-0.3, -0.25) is 4.79 Å². The van der Waals surface area contributed by atoms with Gasteiger partial charge in [0.2, 0.25) is 5.91 Å². The van der Waals surface area contributed by atoms with Crippen molar-refractivity contribution in [2.75, 3.05) is 5.32 Å². The molecule has 3 heteroatoms. The number of anilines is 1. The maximum absolute atomic E-state index is 11.8. The van der Waals surface area contributed by atoms with E-state index in [1.807, 2.05) is 19.1 Å². The molecule has 2 rings (SSSR count). The van der Waals surface area contributed by atoms with Crippen LogP contribution in [0, 0.1) is 6.92 Å². The molecule has 0 atom stereocenters. The van der Waals surface area contributed by atoms with Crippen LogP contribution in [0.1, 0.15) is 49.4 Å². The Hall–Kier alpha value is -2.29. The Balaban J connectivity index is 2.28. The van der Waals surface area contributed by atoms with Gasteiger partial charge in [0.15, 0.2) is 0 Å². The van der Waals surface area contributed by atoms with Crippen LogP contribution in [-0.2, 0) is 24.2 Å². The van der Waals surface area contributed by atoms with Gasteiger partial charge >= 0.3 is 0 Å². The molecule has 0 saturated carbocycles. The fourth-order valence-corrected chi connectivity index (χ4v) is 2.73. The van der Waals surface area contributed by atoms with Crippen molar-refractivity contribution in [3.63, 3.8) is 0 Å². The van der Waals surface area contributed by atoms with Gasteiger partial charge in [0.25, 0.3) is 0 Å². The number of rotatable bonds is 7. The van der Waals surface area contributed by atoms with E-state index in [-0.39, 0.29) is 5.91 Å². The molecule has 128 valence electrons. The summed E-state index contributed by atoms with van der Waals surface area (Å²) in [4.78, 5) is 11.8. The summed E-state index contributed by atoms with van der Waals surface area (Å²) in [5.74, 6) is 0.950. The van der Waals surface area contributed by atoms with E-state index < -0.39 is 0 Å². The van der Waals surface area contributed by atoms with E-state index in [0.29, 0.717) is 13.0 Å². The smallest absolute Gasteiger partial charge is 0.224 e. The standard InChI is InChI=1S/C21H27NO2/c1-5-16-9-8-10-19(22-21(23)7-3)18(16)14-24-20-13-15(4)11-12-17(20)6-2/h8-13H,5-7,14H2,1-4H3,(H,22,23). The molecule has 0 aliphatic heterocycles. The average Bonchev–Trinajstić information content (AvgIpc) is 2.60. The first-order valence-electron chi connectivity index (χ1n) is 8.71. The second-order valence-corrected chi connectivity index (χ2v) is 5.95. The largest absolute Gasteiger partial charge is 0.489 e. The maximum atomic E-state index is 11.8. The number of hydrogen-bond acceptors (Lipinski definition) is 2. The number of ether oxygens (including phenoxy) is 1. The van der Waals surface area contributed by atoms with Gasteiger partial charge in [0.05, 0.1) is 0 Å². The third-order valence-corrected chi connectivity index (χ3v) is 4.22. The van der Waals surface area contributed by atoms with Crippen molar-refractivity contribution in [1.82, 2.24) is 0 Å². The number of nitrogens with one attached hydrogen (secondary N) is 1. The van der Waals surface area contributed by atoms with Gasteiger partial charge in [-0.25, -0.2) is 0 Å². The summed E-state index contributed by atoms with van der Waals surface area (Å²) < 4.78 is 6.14. The van der Waals surface area contributed by atoms with E-state index in [4.69, 9.17) is 4.74 Å². The minimum Gasteiger partial charge on any atom is -0.489 e. The van der Waals surface area contributed by atoms with Crippen LogP contribution in [0.25, 0.3) is 0 Å². The lowest BCUT2D eigenvalue weighted by Gasteiger charge is -2.17. The Morgan fingerprint density at radius 2 is 1.79 bits per heavy atom. The van der Waals surface area contributed by atoms with E-state index in [0.717, 1.165) is 29.8 Å². The topological polar surface area (TPSA) is 38.3 Å². The molecule has 0 heterocycles. The third-order valence-electron chi connectivity index (χ3n) is 4.22. The minimum atomic E-state index is 0.0225. The van der Waals surface area contributed by atoms with Gasteiger partial charge < -0.3 is 10.1 Å². The predicted octanol–water partition coefficient (Wildman–Crippen LogP) is 5.05. The fourth-order valence-electron chi connectivity index (χ4n) is 2.73. The highest BCUT2D eigenvalue weighted by atomic mass is 16.5. The van der Waals surface area contributed by atoms with Crippen LogP contribution in [0.15, 0.2) is 36.4 Å². The summed E-state index contributed by atoms with van der Waals surface area (Å²) >= 11 is 0. The van der Waals surface area contributed by atoms with Crippen LogP contribution in [0.2, 0.25) is 0 Å². The van der Waals surface area contributed by atoms with Crippen molar-refractivity contribution < 1.29 is 9.53 Å². The van der Waals surface area contributed by atoms with Crippen LogP contribution in [0.4, 0.5) is 5.69 Å². The maximum Gasteiger partial charge on any atom is 0.224 e. The molecule has 24 heavy (non-hydrogen) atoms. The molecule has 0 fully saturated rings. The summed E-state index contributed by atoms with van der Waals surface area (Å²) in [5.41, 5.74) is 5.51. The molecular formula is C21H27NO2. The lowest BCUT2D eigenvalue weighted by Crippen LogP contribution is -2.13. The van der Waals surface area contributed by atoms with Gasteiger partial charge in [-0.1, -0.05) is 45.0 Å². The molecule has 1 amide bonds. The molecule has 0 radical (unpaired) electrons. The first kappa shape index (κ1) is 18.1. The summed E-state index contributed by atoms with van der Waals surface area (Å²) in [6, 6.07) is 12.3. The Bertz CT molecular complexity index is 707. The number of carbonyl (C=O) groups excluding carboxylic acids is 1. The molecule has 2 aromatic rings. The van der Waals surface area contributed by atoms with Gasteiger partial charge in [-0.15, -0.1) is 0 Å². The van der Waals surface area contributed by atoms with Crippen LogP contribution in [-0.4, -0.2) is 5.91 Å². The van der Waals surface area contributed by atoms with Gasteiger partial charge in [0, 0.05) is 17.7 Å². The van der Waals surface area contributed by atoms with Crippen molar-refractivity contribution in [2.24, 2.45) is 0 Å². The first-order chi connectivity index (χ1) is 11.6. The molecule has 0 unspecified atom stereocenters. The van der Waals surface area contributed by atoms with Crippen molar-refractivity contribution in [3.05, 3.63) is 58.7 Å². The lowest BCUT2D eigenvalue weighted by atomic mass is 10.0. The molecule has 0 spiro atoms. The number of amides is 1. The molecule has 0 bridgehead atoms. The Kier molecular flexibility index (Phi) is 6.42. The molecule has 1 N–H and O–H groups in total. The highest BCUT2D eigenvalue weighted by molar-refractivity contribution is 5.91. The first-order valence-corrected chi connectivity index (χ1v) is 8.71. The fraction of sp³-hybridized carbons (Fsp3) is 0.381. The van der Waals surface area contributed by atoms with Gasteiger partial charge in [0.1, 0.15) is 12.4 Å². The van der Waals surface area contributed by atoms with E-state index in [2.05, 4.69) is 50.4 Å². The summed E-state index contributed by atoms with van der Waals surface area (Å²) in [6.45, 7) is 8.63. The van der Waals surface area contributed by atoms with Crippen molar-refractivity contribution in [1.29, 1.82) is 0 Å². The zero-order chi connectivity index (χ0) is 17.5. The van der Waals surface area contributed by atoms with E-state index >= 15 is 0 Å². The monoisotopic (exact) mass is 325 g/mol. The lowest BCUT2D eigenvalue weighted by molar-refractivity contribution is -0.115. The van der Waals surface area contributed by atoms with Gasteiger partial charge in [-0.05, 0) is 48.6 Å². The van der Waals surface area contributed by atoms with Crippen LogP contribution in [0.3, 0.4) is 0 Å². The van der Waals surface area contributed by atoms with E-state index in [9.17, 15) is 4.79 Å². The zero-order valence-corrected chi connectivity index (χ0v) is 15.1. The molecule has 0 aliphatic rings. The number of benzene rings is 2. The van der Waals surface area contributed by atoms with Crippen molar-refractivity contribution >= 4 is 11.6 Å². The summed E-state index contributed by atoms with van der Waals surface area (Å²) in [7, 11) is 0. The number of aryl methyl sites for hydroxylation is 3. The molecule has 3 nitrogen and oxygen atoms in total. The molecule has 2 aromatic carbocycles. The highest BCUT2D eigenvalue weighted by Gasteiger charge is 2.11. The van der Waals surface area contributed by atoms with Crippen molar-refractivity contribution in [3.8, 4) is 5.75 Å². The highest BCUT2D eigenvalue weighted by Crippen LogP contribution is 2.26. The Morgan fingerprint density at radius 1 is 1.04 bits per heavy atom. The summed E-state index contributed by atoms with van der Waals surface area (Å²) in [6.07, 6.45) is 2.31. The van der Waals surface area contributed by atoms with Crippen molar-refractivity contribution in [2.45, 2.75) is 53.6 Å².